The van der Waals surface area contributed by atoms with Gasteiger partial charge in [0.25, 0.3) is 0 Å². The van der Waals surface area contributed by atoms with Crippen LogP contribution in [0.5, 0.6) is 0 Å². The summed E-state index contributed by atoms with van der Waals surface area (Å²) in [6.07, 6.45) is 7.43. The lowest BCUT2D eigenvalue weighted by atomic mass is 10.1. The molecule has 0 amide bonds. The van der Waals surface area contributed by atoms with Gasteiger partial charge < -0.3 is 0 Å². The number of aryl methyl sites for hydroxylation is 4. The van der Waals surface area contributed by atoms with Gasteiger partial charge in [-0.25, -0.2) is 0 Å². The van der Waals surface area contributed by atoms with Crippen LogP contribution in [0.2, 0.25) is 0 Å². The molecule has 0 aliphatic rings. The van der Waals surface area contributed by atoms with Crippen molar-refractivity contribution in [2.75, 3.05) is 0 Å². The zero-order chi connectivity index (χ0) is 16.7. The fourth-order valence-corrected chi connectivity index (χ4v) is 3.95. The van der Waals surface area contributed by atoms with E-state index in [1.165, 1.54) is 70.6 Å². The predicted octanol–water partition coefficient (Wildman–Crippen LogP) is 7.14. The molecule has 2 aromatic carbocycles. The second kappa shape index (κ2) is 9.17. The molecule has 0 nitrogen and oxygen atoms in total. The molecular weight excluding hydrogens is 296 g/mol. The molecule has 0 unspecified atom stereocenters. The Labute approximate surface area is 146 Å². The van der Waals surface area contributed by atoms with Crippen LogP contribution < -0.4 is 0 Å². The molecule has 124 valence electrons. The van der Waals surface area contributed by atoms with Crippen LogP contribution >= 0.6 is 11.8 Å². The van der Waals surface area contributed by atoms with Crippen molar-refractivity contribution in [3.8, 4) is 0 Å². The van der Waals surface area contributed by atoms with Crippen molar-refractivity contribution >= 4 is 11.8 Å². The third kappa shape index (κ3) is 5.42. The summed E-state index contributed by atoms with van der Waals surface area (Å²) >= 11 is 1.96. The SMILES string of the molecule is CCCCc1cc(C)ccc1Sc1ccc(C)cc1CCCC. The monoisotopic (exact) mass is 326 g/mol. The molecule has 2 rings (SSSR count). The smallest absolute Gasteiger partial charge is 0.0154 e. The van der Waals surface area contributed by atoms with E-state index in [2.05, 4.69) is 64.1 Å². The quantitative estimate of drug-likeness (QED) is 0.496. The van der Waals surface area contributed by atoms with Gasteiger partial charge in [0, 0.05) is 9.79 Å². The zero-order valence-electron chi connectivity index (χ0n) is 15.1. The van der Waals surface area contributed by atoms with E-state index in [0.717, 1.165) is 0 Å². The van der Waals surface area contributed by atoms with Crippen LogP contribution in [0.25, 0.3) is 0 Å². The van der Waals surface area contributed by atoms with Crippen LogP contribution in [0.1, 0.15) is 61.8 Å². The van der Waals surface area contributed by atoms with Crippen molar-refractivity contribution in [3.05, 3.63) is 58.7 Å². The summed E-state index contributed by atoms with van der Waals surface area (Å²) in [7, 11) is 0. The standard InChI is InChI=1S/C22H30S/c1-5-7-9-19-15-17(3)11-13-21(19)23-22-14-12-18(4)16-20(22)10-8-6-2/h11-16H,5-10H2,1-4H3. The van der Waals surface area contributed by atoms with E-state index in [1.54, 1.807) is 0 Å². The lowest BCUT2D eigenvalue weighted by molar-refractivity contribution is 0.781. The molecule has 0 radical (unpaired) electrons. The van der Waals surface area contributed by atoms with Gasteiger partial charge in [0.1, 0.15) is 0 Å². The van der Waals surface area contributed by atoms with Crippen molar-refractivity contribution in [2.24, 2.45) is 0 Å². The van der Waals surface area contributed by atoms with Crippen molar-refractivity contribution in [3.63, 3.8) is 0 Å². The maximum absolute atomic E-state index is 2.37. The van der Waals surface area contributed by atoms with Gasteiger partial charge in [-0.15, -0.1) is 0 Å². The highest BCUT2D eigenvalue weighted by molar-refractivity contribution is 7.99. The Bertz CT molecular complexity index is 572. The second-order valence-corrected chi connectivity index (χ2v) is 7.62. The molecule has 0 N–H and O–H groups in total. The van der Waals surface area contributed by atoms with Gasteiger partial charge in [-0.3, -0.25) is 0 Å². The summed E-state index contributed by atoms with van der Waals surface area (Å²) in [4.78, 5) is 2.87. The van der Waals surface area contributed by atoms with E-state index in [4.69, 9.17) is 0 Å². The van der Waals surface area contributed by atoms with Crippen LogP contribution in [-0.4, -0.2) is 0 Å². The minimum absolute atomic E-state index is 1.19. The normalized spacial score (nSPS) is 11.0. The van der Waals surface area contributed by atoms with E-state index in [0.29, 0.717) is 0 Å². The molecule has 0 saturated heterocycles. The summed E-state index contributed by atoms with van der Waals surface area (Å²) < 4.78 is 0. The fourth-order valence-electron chi connectivity index (χ4n) is 2.86. The highest BCUT2D eigenvalue weighted by atomic mass is 32.2. The highest BCUT2D eigenvalue weighted by Gasteiger charge is 2.09. The Morgan fingerprint density at radius 3 is 1.52 bits per heavy atom. The van der Waals surface area contributed by atoms with E-state index < -0.39 is 0 Å². The van der Waals surface area contributed by atoms with Gasteiger partial charge in [-0.05, 0) is 62.8 Å². The Morgan fingerprint density at radius 2 is 1.13 bits per heavy atom. The first kappa shape index (κ1) is 18.1. The maximum atomic E-state index is 2.37. The summed E-state index contributed by atoms with van der Waals surface area (Å²) in [5.41, 5.74) is 5.77. The first-order valence-electron chi connectivity index (χ1n) is 9.01. The Kier molecular flexibility index (Phi) is 7.23. The molecule has 0 fully saturated rings. The third-order valence-corrected chi connectivity index (χ3v) is 5.49. The maximum Gasteiger partial charge on any atom is 0.0154 e. The van der Waals surface area contributed by atoms with Crippen LogP contribution in [0.4, 0.5) is 0 Å². The van der Waals surface area contributed by atoms with Crippen molar-refractivity contribution in [1.29, 1.82) is 0 Å². The first-order valence-corrected chi connectivity index (χ1v) is 9.82. The molecular formula is C22H30S. The lowest BCUT2D eigenvalue weighted by Gasteiger charge is -2.14. The number of benzene rings is 2. The molecule has 23 heavy (non-hydrogen) atoms. The Morgan fingerprint density at radius 1 is 0.696 bits per heavy atom. The lowest BCUT2D eigenvalue weighted by Crippen LogP contribution is -1.93. The van der Waals surface area contributed by atoms with Crippen LogP contribution in [-0.2, 0) is 12.8 Å². The van der Waals surface area contributed by atoms with Crippen molar-refractivity contribution in [1.82, 2.24) is 0 Å². The van der Waals surface area contributed by atoms with Crippen LogP contribution in [0.3, 0.4) is 0 Å². The van der Waals surface area contributed by atoms with Gasteiger partial charge in [-0.1, -0.05) is 73.8 Å². The highest BCUT2D eigenvalue weighted by Crippen LogP contribution is 2.35. The molecule has 0 aliphatic carbocycles. The first-order chi connectivity index (χ1) is 11.1. The topological polar surface area (TPSA) is 0 Å². The van der Waals surface area contributed by atoms with Gasteiger partial charge >= 0.3 is 0 Å². The molecule has 0 spiro atoms. The molecule has 0 aliphatic heterocycles. The summed E-state index contributed by atoms with van der Waals surface area (Å²) in [6.45, 7) is 8.93. The van der Waals surface area contributed by atoms with E-state index in [1.807, 2.05) is 11.8 Å². The van der Waals surface area contributed by atoms with Crippen LogP contribution in [0.15, 0.2) is 46.2 Å². The van der Waals surface area contributed by atoms with E-state index in [-0.39, 0.29) is 0 Å². The van der Waals surface area contributed by atoms with Gasteiger partial charge in [-0.2, -0.15) is 0 Å². The summed E-state index contributed by atoms with van der Waals surface area (Å²) in [5.74, 6) is 0. The minimum atomic E-state index is 1.19. The molecule has 0 saturated carbocycles. The molecule has 0 atom stereocenters. The summed E-state index contributed by atoms with van der Waals surface area (Å²) in [5, 5.41) is 0. The van der Waals surface area contributed by atoms with E-state index >= 15 is 0 Å². The second-order valence-electron chi connectivity index (χ2n) is 6.53. The molecule has 0 aromatic heterocycles. The molecule has 2 aromatic rings. The van der Waals surface area contributed by atoms with E-state index in [9.17, 15) is 0 Å². The third-order valence-electron chi connectivity index (χ3n) is 4.25. The largest absolute Gasteiger partial charge is 0.0895 e. The minimum Gasteiger partial charge on any atom is -0.0895 e. The number of hydrogen-bond acceptors (Lipinski definition) is 1. The molecule has 0 heterocycles. The number of rotatable bonds is 8. The van der Waals surface area contributed by atoms with Gasteiger partial charge in [0.2, 0.25) is 0 Å². The van der Waals surface area contributed by atoms with Gasteiger partial charge in [0.05, 0.1) is 0 Å². The average Bonchev–Trinajstić information content (AvgIpc) is 2.54. The summed E-state index contributed by atoms with van der Waals surface area (Å²) in [6, 6.07) is 13.9. The van der Waals surface area contributed by atoms with Crippen LogP contribution in [0, 0.1) is 13.8 Å². The zero-order valence-corrected chi connectivity index (χ0v) is 15.9. The Hall–Kier alpha value is -1.21. The number of hydrogen-bond donors (Lipinski definition) is 0. The number of unbranched alkanes of at least 4 members (excludes halogenated alkanes) is 2. The Balaban J connectivity index is 2.27. The predicted molar refractivity (Wildman–Crippen MR) is 104 cm³/mol. The van der Waals surface area contributed by atoms with Crippen molar-refractivity contribution < 1.29 is 0 Å². The molecule has 0 bridgehead atoms. The molecule has 1 heteroatoms. The average molecular weight is 327 g/mol. The van der Waals surface area contributed by atoms with Crippen molar-refractivity contribution in [2.45, 2.75) is 76.0 Å². The fraction of sp³-hybridized carbons (Fsp3) is 0.455. The van der Waals surface area contributed by atoms with Gasteiger partial charge in [0.15, 0.2) is 0 Å².